The number of rotatable bonds is 5. The van der Waals surface area contributed by atoms with Gasteiger partial charge in [0.2, 0.25) is 11.0 Å². The second-order valence-electron chi connectivity index (χ2n) is 7.28. The lowest BCUT2D eigenvalue weighted by Crippen LogP contribution is -2.17. The van der Waals surface area contributed by atoms with Crippen LogP contribution in [0.1, 0.15) is 11.3 Å². The van der Waals surface area contributed by atoms with E-state index in [1.54, 1.807) is 11.8 Å². The van der Waals surface area contributed by atoms with E-state index in [0.717, 1.165) is 38.0 Å². The molecule has 31 heavy (non-hydrogen) atoms. The van der Waals surface area contributed by atoms with Gasteiger partial charge in [0.1, 0.15) is 11.6 Å². The van der Waals surface area contributed by atoms with Crippen molar-refractivity contribution in [1.29, 1.82) is 0 Å². The molecule has 0 fully saturated rings. The van der Waals surface area contributed by atoms with Crippen molar-refractivity contribution in [3.05, 3.63) is 78.0 Å². The van der Waals surface area contributed by atoms with Gasteiger partial charge in [0.25, 0.3) is 0 Å². The number of nitrogens with zero attached hydrogens (tertiary/aromatic N) is 3. The lowest BCUT2D eigenvalue weighted by atomic mass is 10.0. The van der Waals surface area contributed by atoms with Crippen molar-refractivity contribution in [2.45, 2.75) is 13.3 Å². The Morgan fingerprint density at radius 1 is 1.10 bits per heavy atom. The quantitative estimate of drug-likeness (QED) is 0.421. The van der Waals surface area contributed by atoms with Gasteiger partial charge in [-0.1, -0.05) is 53.8 Å². The van der Waals surface area contributed by atoms with Crippen molar-refractivity contribution in [2.24, 2.45) is 0 Å². The molecule has 5 rings (SSSR count). The summed E-state index contributed by atoms with van der Waals surface area (Å²) in [7, 11) is 1.64. The van der Waals surface area contributed by atoms with Crippen LogP contribution < -0.4 is 10.1 Å². The molecule has 2 heterocycles. The molecule has 0 aliphatic carbocycles. The van der Waals surface area contributed by atoms with E-state index in [1.807, 2.05) is 61.5 Å². The average molecular weight is 429 g/mol. The third-order valence-electron chi connectivity index (χ3n) is 5.10. The molecule has 3 aromatic carbocycles. The second-order valence-corrected chi connectivity index (χ2v) is 8.29. The molecule has 154 valence electrons. The maximum atomic E-state index is 12.9. The zero-order valence-electron chi connectivity index (χ0n) is 17.1. The number of hydrogen-bond acceptors (Lipinski definition) is 5. The van der Waals surface area contributed by atoms with Crippen LogP contribution in [0.2, 0.25) is 0 Å². The maximum Gasteiger partial charge on any atom is 0.229 e. The molecule has 6 nitrogen and oxygen atoms in total. The first-order valence-corrected chi connectivity index (χ1v) is 10.7. The summed E-state index contributed by atoms with van der Waals surface area (Å²) >= 11 is 1.50. The molecule has 7 heteroatoms. The van der Waals surface area contributed by atoms with Gasteiger partial charge in [0.15, 0.2) is 0 Å². The van der Waals surface area contributed by atoms with Crippen LogP contribution in [0.4, 0.5) is 5.82 Å². The minimum atomic E-state index is -0.0970. The standard InChI is InChI=1S/C24H20N4O2S/c1-15-12-22(26-23(29)13-17-8-5-7-16-6-3-4-9-19(16)17)28(27-15)24-25-20-11-10-18(30-2)14-21(20)31-24/h3-12,14H,13H2,1-2H3,(H,26,29). The van der Waals surface area contributed by atoms with Gasteiger partial charge < -0.3 is 10.1 Å². The highest BCUT2D eigenvalue weighted by Crippen LogP contribution is 2.30. The van der Waals surface area contributed by atoms with Gasteiger partial charge in [-0.3, -0.25) is 4.79 Å². The SMILES string of the molecule is COc1ccc2nc(-n3nc(C)cc3NC(=O)Cc3cccc4ccccc34)sc2c1. The largest absolute Gasteiger partial charge is 0.497 e. The van der Waals surface area contributed by atoms with Gasteiger partial charge in [0.05, 0.1) is 29.4 Å². The molecule has 1 amide bonds. The molecule has 0 bridgehead atoms. The number of ether oxygens (including phenoxy) is 1. The van der Waals surface area contributed by atoms with Crippen LogP contribution in [0.5, 0.6) is 5.75 Å². The minimum Gasteiger partial charge on any atom is -0.497 e. The summed E-state index contributed by atoms with van der Waals surface area (Å²) in [5, 5.41) is 10.5. The molecule has 5 aromatic rings. The van der Waals surface area contributed by atoms with Gasteiger partial charge in [0, 0.05) is 6.07 Å². The summed E-state index contributed by atoms with van der Waals surface area (Å²) in [5.74, 6) is 1.29. The molecule has 0 saturated carbocycles. The summed E-state index contributed by atoms with van der Waals surface area (Å²) in [6.07, 6.45) is 0.280. The third kappa shape index (κ3) is 3.75. The summed E-state index contributed by atoms with van der Waals surface area (Å²) in [6.45, 7) is 1.90. The maximum absolute atomic E-state index is 12.9. The average Bonchev–Trinajstić information content (AvgIpc) is 3.36. The Morgan fingerprint density at radius 3 is 2.81 bits per heavy atom. The number of anilines is 1. The molecule has 0 aliphatic heterocycles. The van der Waals surface area contributed by atoms with Gasteiger partial charge in [-0.2, -0.15) is 9.78 Å². The molecule has 0 unspecified atom stereocenters. The predicted octanol–water partition coefficient (Wildman–Crippen LogP) is 5.13. The Morgan fingerprint density at radius 2 is 1.94 bits per heavy atom. The lowest BCUT2D eigenvalue weighted by molar-refractivity contribution is -0.115. The number of carbonyl (C=O) groups is 1. The Kier molecular flexibility index (Phi) is 4.88. The number of carbonyl (C=O) groups excluding carboxylic acids is 1. The van der Waals surface area contributed by atoms with Crippen LogP contribution >= 0.6 is 11.3 Å². The first kappa shape index (κ1) is 19.3. The normalized spacial score (nSPS) is 11.2. The van der Waals surface area contributed by atoms with E-state index in [2.05, 4.69) is 27.5 Å². The minimum absolute atomic E-state index is 0.0970. The van der Waals surface area contributed by atoms with Crippen LogP contribution in [0, 0.1) is 6.92 Å². The third-order valence-corrected chi connectivity index (χ3v) is 6.09. The second kappa shape index (κ2) is 7.85. The van der Waals surface area contributed by atoms with Gasteiger partial charge in [-0.05, 0) is 41.5 Å². The van der Waals surface area contributed by atoms with E-state index in [9.17, 15) is 4.79 Å². The molecule has 0 spiro atoms. The summed E-state index contributed by atoms with van der Waals surface area (Å²) in [6, 6.07) is 21.7. The van der Waals surface area contributed by atoms with E-state index >= 15 is 0 Å². The van der Waals surface area contributed by atoms with E-state index in [0.29, 0.717) is 10.9 Å². The number of aromatic nitrogens is 3. The first-order valence-electron chi connectivity index (χ1n) is 9.89. The molecule has 1 N–H and O–H groups in total. The summed E-state index contributed by atoms with van der Waals surface area (Å²) in [5.41, 5.74) is 2.66. The van der Waals surface area contributed by atoms with Gasteiger partial charge in [-0.15, -0.1) is 0 Å². The van der Waals surface area contributed by atoms with E-state index < -0.39 is 0 Å². The summed E-state index contributed by atoms with van der Waals surface area (Å²) in [4.78, 5) is 17.6. The van der Waals surface area contributed by atoms with Crippen molar-refractivity contribution in [1.82, 2.24) is 14.8 Å². The van der Waals surface area contributed by atoms with Crippen molar-refractivity contribution in [3.63, 3.8) is 0 Å². The smallest absolute Gasteiger partial charge is 0.229 e. The van der Waals surface area contributed by atoms with Crippen molar-refractivity contribution < 1.29 is 9.53 Å². The molecular formula is C24H20N4O2S. The molecule has 2 aromatic heterocycles. The fraction of sp³-hybridized carbons (Fsp3) is 0.125. The highest BCUT2D eigenvalue weighted by molar-refractivity contribution is 7.20. The highest BCUT2D eigenvalue weighted by Gasteiger charge is 2.16. The predicted molar refractivity (Wildman–Crippen MR) is 124 cm³/mol. The fourth-order valence-corrected chi connectivity index (χ4v) is 4.61. The van der Waals surface area contributed by atoms with Crippen molar-refractivity contribution >= 4 is 44.1 Å². The zero-order chi connectivity index (χ0) is 21.4. The van der Waals surface area contributed by atoms with Crippen molar-refractivity contribution in [3.8, 4) is 10.9 Å². The number of aryl methyl sites for hydroxylation is 1. The van der Waals surface area contributed by atoms with Crippen LogP contribution in [-0.4, -0.2) is 27.8 Å². The van der Waals surface area contributed by atoms with E-state index in [4.69, 9.17) is 4.74 Å². The number of fused-ring (bicyclic) bond motifs is 2. The Balaban J connectivity index is 1.43. The van der Waals surface area contributed by atoms with E-state index in [-0.39, 0.29) is 12.3 Å². The zero-order valence-corrected chi connectivity index (χ0v) is 17.9. The topological polar surface area (TPSA) is 69.0 Å². The monoisotopic (exact) mass is 428 g/mol. The number of benzene rings is 3. The lowest BCUT2D eigenvalue weighted by Gasteiger charge is -2.08. The highest BCUT2D eigenvalue weighted by atomic mass is 32.1. The Bertz CT molecular complexity index is 1410. The van der Waals surface area contributed by atoms with Crippen molar-refractivity contribution in [2.75, 3.05) is 12.4 Å². The van der Waals surface area contributed by atoms with E-state index in [1.165, 1.54) is 11.3 Å². The summed E-state index contributed by atoms with van der Waals surface area (Å²) < 4.78 is 7.99. The fourth-order valence-electron chi connectivity index (χ4n) is 3.65. The molecule has 0 radical (unpaired) electrons. The number of amides is 1. The molecule has 0 aliphatic rings. The number of thiazole rings is 1. The Labute approximate surface area is 183 Å². The number of hydrogen-bond donors (Lipinski definition) is 1. The van der Waals surface area contributed by atoms with Gasteiger partial charge >= 0.3 is 0 Å². The first-order chi connectivity index (χ1) is 15.1. The molecule has 0 atom stereocenters. The molecular weight excluding hydrogens is 408 g/mol. The number of nitrogens with one attached hydrogen (secondary N) is 1. The van der Waals surface area contributed by atoms with Gasteiger partial charge in [-0.25, -0.2) is 4.98 Å². The van der Waals surface area contributed by atoms with Crippen LogP contribution in [-0.2, 0) is 11.2 Å². The van der Waals surface area contributed by atoms with Crippen LogP contribution in [0.25, 0.3) is 26.1 Å². The van der Waals surface area contributed by atoms with Crippen LogP contribution in [0.3, 0.4) is 0 Å². The van der Waals surface area contributed by atoms with Crippen LogP contribution in [0.15, 0.2) is 66.7 Å². The number of methoxy groups -OCH3 is 1. The Hall–Kier alpha value is -3.71. The molecule has 0 saturated heterocycles.